The van der Waals surface area contributed by atoms with Crippen LogP contribution in [-0.4, -0.2) is 82.7 Å². The van der Waals surface area contributed by atoms with Gasteiger partial charge in [-0.15, -0.1) is 6.42 Å². The van der Waals surface area contributed by atoms with E-state index in [2.05, 4.69) is 25.8 Å². The normalized spacial score (nSPS) is 23.5. The number of halogens is 4. The Morgan fingerprint density at radius 3 is 2.40 bits per heavy atom. The zero-order chi connectivity index (χ0) is 34.7. The second-order valence-electron chi connectivity index (χ2n) is 12.4. The summed E-state index contributed by atoms with van der Waals surface area (Å²) in [5.41, 5.74) is 0.620. The van der Waals surface area contributed by atoms with Gasteiger partial charge < -0.3 is 19.5 Å². The number of allylic oxidation sites excluding steroid dienone is 2. The van der Waals surface area contributed by atoms with E-state index >= 15 is 4.39 Å². The first-order chi connectivity index (χ1) is 23.1. The number of nitrogens with zero attached hydrogens (tertiary/aromatic N) is 5. The van der Waals surface area contributed by atoms with Crippen LogP contribution in [0.25, 0.3) is 27.7 Å². The van der Waals surface area contributed by atoms with E-state index in [1.807, 2.05) is 18.7 Å². The van der Waals surface area contributed by atoms with Gasteiger partial charge in [-0.1, -0.05) is 32.6 Å². The Bertz CT molecular complexity index is 1700. The number of ether oxygens (including phenoxy) is 2. The second kappa shape index (κ2) is 15.0. The van der Waals surface area contributed by atoms with Crippen molar-refractivity contribution in [3.63, 3.8) is 0 Å². The number of alkyl halides is 2. The van der Waals surface area contributed by atoms with Crippen molar-refractivity contribution in [2.75, 3.05) is 38.3 Å². The number of pyridine rings is 1. The van der Waals surface area contributed by atoms with E-state index < -0.39 is 24.0 Å². The second-order valence-corrected chi connectivity index (χ2v) is 12.4. The number of phenolic OH excluding ortho intramolecular Hbond substituents is 1. The molecule has 0 spiro atoms. The molecule has 3 saturated heterocycles. The highest BCUT2D eigenvalue weighted by Gasteiger charge is 2.40. The molecular weight excluding hydrogens is 626 g/mol. The maximum atomic E-state index is 16.3. The van der Waals surface area contributed by atoms with E-state index in [0.717, 1.165) is 32.2 Å². The lowest BCUT2D eigenvalue weighted by molar-refractivity contribution is 0.260. The maximum absolute atomic E-state index is 16.3. The number of aromatic nitrogens is 3. The molecular formula is C36H43F4N5O3. The summed E-state index contributed by atoms with van der Waals surface area (Å²) in [4.78, 5) is 17.5. The Hall–Kier alpha value is -4.11. The molecule has 258 valence electrons. The van der Waals surface area contributed by atoms with Gasteiger partial charge in [-0.05, 0) is 57.2 Å². The van der Waals surface area contributed by atoms with Crippen LogP contribution in [0.3, 0.4) is 0 Å². The summed E-state index contributed by atoms with van der Waals surface area (Å²) in [5.74, 6) is 1.52. The Morgan fingerprint density at radius 2 is 1.77 bits per heavy atom. The summed E-state index contributed by atoms with van der Waals surface area (Å²) in [6.45, 7) is 8.91. The molecule has 3 aromatic rings. The first-order valence-electron chi connectivity index (χ1n) is 16.6. The number of aryl methyl sites for hydroxylation is 1. The molecule has 4 aliphatic rings. The number of phenols is 1. The third-order valence-corrected chi connectivity index (χ3v) is 9.21. The third kappa shape index (κ3) is 6.88. The summed E-state index contributed by atoms with van der Waals surface area (Å²) >= 11 is 0. The number of hydrogen-bond donors (Lipinski definition) is 1. The minimum atomic E-state index is -0.772. The largest absolute Gasteiger partial charge is 0.508 e. The van der Waals surface area contributed by atoms with Gasteiger partial charge >= 0.3 is 6.01 Å². The highest BCUT2D eigenvalue weighted by atomic mass is 19.1. The first kappa shape index (κ1) is 35.2. The van der Waals surface area contributed by atoms with Crippen molar-refractivity contribution in [1.29, 1.82) is 0 Å². The summed E-state index contributed by atoms with van der Waals surface area (Å²) in [5, 5.41) is 10.7. The number of terminal acetylenes is 1. The number of hydrogen-bond acceptors (Lipinski definition) is 8. The number of anilines is 1. The van der Waals surface area contributed by atoms with E-state index in [0.29, 0.717) is 49.3 Å². The zero-order valence-corrected chi connectivity index (χ0v) is 28.1. The fourth-order valence-electron chi connectivity index (χ4n) is 7.14. The Morgan fingerprint density at radius 1 is 1.06 bits per heavy atom. The van der Waals surface area contributed by atoms with E-state index in [4.69, 9.17) is 15.9 Å². The summed E-state index contributed by atoms with van der Waals surface area (Å²) in [7, 11) is 1.42. The lowest BCUT2D eigenvalue weighted by Crippen LogP contribution is -2.38. The topological polar surface area (TPSA) is 83.8 Å². The molecule has 7 rings (SSSR count). The molecule has 0 amide bonds. The molecule has 3 fully saturated rings. The predicted octanol–water partition coefficient (Wildman–Crippen LogP) is 7.50. The number of aromatic hydroxyl groups is 1. The van der Waals surface area contributed by atoms with Crippen LogP contribution in [-0.2, 0) is 0 Å². The summed E-state index contributed by atoms with van der Waals surface area (Å²) in [6.07, 6.45) is 9.36. The van der Waals surface area contributed by atoms with Crippen molar-refractivity contribution < 1.29 is 32.1 Å². The van der Waals surface area contributed by atoms with Gasteiger partial charge in [0, 0.05) is 36.8 Å². The fourth-order valence-corrected chi connectivity index (χ4v) is 7.14. The third-order valence-electron chi connectivity index (χ3n) is 9.21. The van der Waals surface area contributed by atoms with Crippen LogP contribution in [0.1, 0.15) is 70.4 Å². The van der Waals surface area contributed by atoms with Crippen molar-refractivity contribution in [2.24, 2.45) is 0 Å². The monoisotopic (exact) mass is 669 g/mol. The Balaban J connectivity index is 0.000000316. The van der Waals surface area contributed by atoms with Crippen molar-refractivity contribution in [2.45, 2.75) is 90.6 Å². The van der Waals surface area contributed by atoms with E-state index in [9.17, 15) is 18.3 Å². The number of rotatable bonds is 3. The highest BCUT2D eigenvalue weighted by Crippen LogP contribution is 2.44. The van der Waals surface area contributed by atoms with Gasteiger partial charge in [0.25, 0.3) is 0 Å². The van der Waals surface area contributed by atoms with Crippen molar-refractivity contribution in [3.8, 4) is 41.2 Å². The number of fused-ring (bicyclic) bond motifs is 3. The molecule has 1 aromatic carbocycles. The smallest absolute Gasteiger partial charge is 0.318 e. The molecule has 8 nitrogen and oxygen atoms in total. The number of methoxy groups -OCH3 is 1. The first-order valence-corrected chi connectivity index (χ1v) is 16.6. The molecule has 48 heavy (non-hydrogen) atoms. The molecule has 6 heterocycles. The highest BCUT2D eigenvalue weighted by molar-refractivity contribution is 5.99. The quantitative estimate of drug-likeness (QED) is 0.227. The average molecular weight is 670 g/mol. The molecule has 12 heteroatoms. The van der Waals surface area contributed by atoms with Crippen LogP contribution in [0.15, 0.2) is 18.0 Å². The van der Waals surface area contributed by atoms with Crippen LogP contribution < -0.4 is 14.4 Å². The zero-order valence-electron chi connectivity index (χ0n) is 28.1. The predicted molar refractivity (Wildman–Crippen MR) is 179 cm³/mol. The van der Waals surface area contributed by atoms with Crippen LogP contribution in [0, 0.1) is 25.1 Å². The van der Waals surface area contributed by atoms with Gasteiger partial charge in [-0.2, -0.15) is 9.97 Å². The molecule has 3 atom stereocenters. The van der Waals surface area contributed by atoms with Gasteiger partial charge in [0.1, 0.15) is 52.9 Å². The summed E-state index contributed by atoms with van der Waals surface area (Å²) < 4.78 is 67.4. The maximum Gasteiger partial charge on any atom is 0.318 e. The Labute approximate surface area is 279 Å². The standard InChI is InChI=1S/C27H26F2N4O3.C7H11F2N.C2H6/c1-5-18(15(3)28)20-14(2)11-17(34)12-19(20)23-22(29)24-21-25(32-27(31-24)35-4)33-10-8-6-7-9-16(33)13-36-26(21)30-23;8-5-1-7-2-6(9)4-10(7)3-5;1-2/h1,11-12,16,34H,6-10,13H2,2-4H3;5-7H,1-4H2;1-2H3/b18-15+;;. The van der Waals surface area contributed by atoms with Gasteiger partial charge in [0.05, 0.1) is 18.7 Å². The van der Waals surface area contributed by atoms with Crippen LogP contribution in [0.4, 0.5) is 23.4 Å². The van der Waals surface area contributed by atoms with Gasteiger partial charge in [0.15, 0.2) is 5.82 Å². The van der Waals surface area contributed by atoms with Gasteiger partial charge in [-0.25, -0.2) is 22.5 Å². The van der Waals surface area contributed by atoms with E-state index in [1.54, 1.807) is 6.92 Å². The molecule has 2 aromatic heterocycles. The van der Waals surface area contributed by atoms with Crippen molar-refractivity contribution >= 4 is 22.3 Å². The molecule has 0 radical (unpaired) electrons. The van der Waals surface area contributed by atoms with Crippen LogP contribution >= 0.6 is 0 Å². The lowest BCUT2D eigenvalue weighted by Gasteiger charge is -2.28. The van der Waals surface area contributed by atoms with Gasteiger partial charge in [0.2, 0.25) is 5.88 Å². The van der Waals surface area contributed by atoms with Gasteiger partial charge in [-0.3, -0.25) is 4.90 Å². The molecule has 1 N–H and O–H groups in total. The van der Waals surface area contributed by atoms with Crippen molar-refractivity contribution in [3.05, 3.63) is 34.9 Å². The molecule has 4 aliphatic heterocycles. The molecule has 0 saturated carbocycles. The van der Waals surface area contributed by atoms with Crippen LogP contribution in [0.2, 0.25) is 0 Å². The molecule has 0 bridgehead atoms. The summed E-state index contributed by atoms with van der Waals surface area (Å²) in [6, 6.07) is 3.02. The minimum absolute atomic E-state index is 0.0144. The molecule has 3 unspecified atom stereocenters. The minimum Gasteiger partial charge on any atom is -0.508 e. The van der Waals surface area contributed by atoms with E-state index in [-0.39, 0.29) is 57.6 Å². The van der Waals surface area contributed by atoms with Crippen LogP contribution in [0.5, 0.6) is 17.6 Å². The number of benzene rings is 1. The SMILES string of the molecule is C#C/C(=C(/C)F)c1c(C)cc(O)cc1-c1nc2c3c(nc(OC)nc3c1F)N1CCCCCC1CO2.CC.FC1CC2CC(F)CN2C1. The van der Waals surface area contributed by atoms with E-state index in [1.165, 1.54) is 26.2 Å². The fraction of sp³-hybridized carbons (Fsp3) is 0.528. The molecule has 0 aliphatic carbocycles. The Kier molecular flexibility index (Phi) is 11.0. The average Bonchev–Trinajstić information content (AvgIpc) is 3.40. The lowest BCUT2D eigenvalue weighted by atomic mass is 9.92. The van der Waals surface area contributed by atoms with Crippen molar-refractivity contribution in [1.82, 2.24) is 19.9 Å².